The summed E-state index contributed by atoms with van der Waals surface area (Å²) in [5, 5.41) is 14.9. The molecule has 3 aromatic carbocycles. The maximum atomic E-state index is 12.7. The van der Waals surface area contributed by atoms with Crippen molar-refractivity contribution in [1.82, 2.24) is 5.32 Å². The average Bonchev–Trinajstić information content (AvgIpc) is 3.45. The monoisotopic (exact) mass is 470 g/mol. The van der Waals surface area contributed by atoms with E-state index in [1.54, 1.807) is 24.3 Å². The van der Waals surface area contributed by atoms with Gasteiger partial charge in [0.25, 0.3) is 5.91 Å². The second-order valence-corrected chi connectivity index (χ2v) is 8.99. The summed E-state index contributed by atoms with van der Waals surface area (Å²) in [6.45, 7) is 0.193. The zero-order valence-corrected chi connectivity index (χ0v) is 19.1. The number of carboxylic acid groups (broad SMARTS) is 1. The predicted molar refractivity (Wildman–Crippen MR) is 131 cm³/mol. The molecule has 7 nitrogen and oxygen atoms in total. The summed E-state index contributed by atoms with van der Waals surface area (Å²) in [5.41, 5.74) is 5.35. The molecule has 0 heterocycles. The van der Waals surface area contributed by atoms with E-state index in [0.717, 1.165) is 28.7 Å². The fraction of sp³-hybridized carbons (Fsp3) is 0.250. The Morgan fingerprint density at radius 3 is 2.26 bits per heavy atom. The third kappa shape index (κ3) is 4.62. The number of fused-ring (bicyclic) bond motifs is 3. The van der Waals surface area contributed by atoms with E-state index >= 15 is 0 Å². The van der Waals surface area contributed by atoms with Crippen LogP contribution in [0, 0.1) is 5.92 Å². The molecule has 0 bridgehead atoms. The minimum atomic E-state index is -0.890. The van der Waals surface area contributed by atoms with Crippen molar-refractivity contribution in [2.75, 3.05) is 11.9 Å². The van der Waals surface area contributed by atoms with Crippen molar-refractivity contribution >= 4 is 23.7 Å². The Labute approximate surface area is 203 Å². The van der Waals surface area contributed by atoms with Crippen LogP contribution in [0.3, 0.4) is 0 Å². The Bertz CT molecular complexity index is 1240. The number of nitrogens with one attached hydrogen (secondary N) is 2. The lowest BCUT2D eigenvalue weighted by Gasteiger charge is -2.18. The second-order valence-electron chi connectivity index (χ2n) is 8.99. The Morgan fingerprint density at radius 1 is 0.886 bits per heavy atom. The number of aliphatic carboxylic acids is 1. The normalized spacial score (nSPS) is 18.4. The first kappa shape index (κ1) is 22.7. The van der Waals surface area contributed by atoms with Crippen molar-refractivity contribution in [2.45, 2.75) is 31.2 Å². The van der Waals surface area contributed by atoms with Crippen LogP contribution in [0.15, 0.2) is 72.8 Å². The number of amides is 2. The first-order valence-electron chi connectivity index (χ1n) is 11.8. The summed E-state index contributed by atoms with van der Waals surface area (Å²) in [6.07, 6.45) is 1.36. The zero-order valence-electron chi connectivity index (χ0n) is 19.1. The Hall–Kier alpha value is -4.13. The summed E-state index contributed by atoms with van der Waals surface area (Å²) < 4.78 is 5.58. The van der Waals surface area contributed by atoms with Crippen LogP contribution in [0.5, 0.6) is 0 Å². The Kier molecular flexibility index (Phi) is 6.23. The molecule has 1 fully saturated rings. The maximum Gasteiger partial charge on any atom is 0.411 e. The van der Waals surface area contributed by atoms with Gasteiger partial charge >= 0.3 is 12.1 Å². The number of anilines is 1. The predicted octanol–water partition coefficient (Wildman–Crippen LogP) is 5.03. The lowest BCUT2D eigenvalue weighted by Crippen LogP contribution is -2.40. The Morgan fingerprint density at radius 2 is 1.57 bits per heavy atom. The van der Waals surface area contributed by atoms with E-state index < -0.39 is 24.0 Å². The highest BCUT2D eigenvalue weighted by molar-refractivity contribution is 5.96. The van der Waals surface area contributed by atoms with E-state index in [9.17, 15) is 19.5 Å². The number of benzene rings is 3. The minimum Gasteiger partial charge on any atom is -0.481 e. The largest absolute Gasteiger partial charge is 0.481 e. The number of hydrogen-bond donors (Lipinski definition) is 3. The van der Waals surface area contributed by atoms with Crippen molar-refractivity contribution in [3.63, 3.8) is 0 Å². The van der Waals surface area contributed by atoms with Crippen LogP contribution in [-0.2, 0) is 9.53 Å². The summed E-state index contributed by atoms with van der Waals surface area (Å²) >= 11 is 0. The van der Waals surface area contributed by atoms with E-state index in [4.69, 9.17) is 4.74 Å². The first-order valence-corrected chi connectivity index (χ1v) is 11.8. The molecule has 0 aromatic heterocycles. The van der Waals surface area contributed by atoms with E-state index in [-0.39, 0.29) is 18.4 Å². The summed E-state index contributed by atoms with van der Waals surface area (Å²) in [6, 6.07) is 22.4. The average molecular weight is 471 g/mol. The van der Waals surface area contributed by atoms with Crippen LogP contribution in [0.2, 0.25) is 0 Å². The molecular formula is C28H26N2O5. The maximum absolute atomic E-state index is 12.7. The van der Waals surface area contributed by atoms with Crippen molar-refractivity contribution in [3.05, 3.63) is 89.5 Å². The number of rotatable bonds is 6. The molecule has 3 N–H and O–H groups in total. The van der Waals surface area contributed by atoms with Gasteiger partial charge in [-0.1, -0.05) is 61.0 Å². The van der Waals surface area contributed by atoms with Crippen LogP contribution in [0.25, 0.3) is 11.1 Å². The van der Waals surface area contributed by atoms with Gasteiger partial charge < -0.3 is 15.2 Å². The topological polar surface area (TPSA) is 105 Å². The van der Waals surface area contributed by atoms with Gasteiger partial charge in [-0.2, -0.15) is 0 Å². The molecule has 0 radical (unpaired) electrons. The molecule has 1 saturated carbocycles. The number of carbonyl (C=O) groups is 3. The third-order valence-electron chi connectivity index (χ3n) is 6.86. The van der Waals surface area contributed by atoms with E-state index in [2.05, 4.69) is 34.9 Å². The van der Waals surface area contributed by atoms with E-state index in [1.165, 1.54) is 0 Å². The molecule has 35 heavy (non-hydrogen) atoms. The fourth-order valence-corrected chi connectivity index (χ4v) is 5.17. The highest BCUT2D eigenvalue weighted by Crippen LogP contribution is 2.44. The quantitative estimate of drug-likeness (QED) is 0.469. The van der Waals surface area contributed by atoms with Crippen LogP contribution in [0.4, 0.5) is 10.5 Å². The molecule has 7 heteroatoms. The smallest absolute Gasteiger partial charge is 0.411 e. The molecule has 2 aliphatic carbocycles. The summed E-state index contributed by atoms with van der Waals surface area (Å²) in [5.74, 6) is -1.86. The molecule has 0 spiro atoms. The molecule has 5 rings (SSSR count). The van der Waals surface area contributed by atoms with Gasteiger partial charge in [0.15, 0.2) is 0 Å². The molecule has 0 saturated heterocycles. The van der Waals surface area contributed by atoms with E-state index in [1.807, 2.05) is 24.3 Å². The number of carboxylic acids is 1. The van der Waals surface area contributed by atoms with Gasteiger partial charge in [0.2, 0.25) is 0 Å². The number of hydrogen-bond acceptors (Lipinski definition) is 4. The molecule has 2 amide bonds. The van der Waals surface area contributed by atoms with Gasteiger partial charge in [-0.3, -0.25) is 14.9 Å². The summed E-state index contributed by atoms with van der Waals surface area (Å²) in [4.78, 5) is 36.6. The zero-order chi connectivity index (χ0) is 24.4. The second kappa shape index (κ2) is 9.62. The van der Waals surface area contributed by atoms with Crippen molar-refractivity contribution in [1.29, 1.82) is 0 Å². The molecule has 0 aliphatic heterocycles. The molecule has 3 aromatic rings. The van der Waals surface area contributed by atoms with Crippen LogP contribution >= 0.6 is 0 Å². The van der Waals surface area contributed by atoms with Gasteiger partial charge in [-0.25, -0.2) is 4.79 Å². The lowest BCUT2D eigenvalue weighted by molar-refractivity contribution is -0.142. The van der Waals surface area contributed by atoms with Gasteiger partial charge in [0.1, 0.15) is 6.61 Å². The first-order chi connectivity index (χ1) is 17.0. The molecule has 2 aliphatic rings. The number of ether oxygens (including phenoxy) is 1. The fourth-order valence-electron chi connectivity index (χ4n) is 5.17. The van der Waals surface area contributed by atoms with E-state index in [0.29, 0.717) is 24.1 Å². The molecule has 178 valence electrons. The highest BCUT2D eigenvalue weighted by Gasteiger charge is 2.34. The van der Waals surface area contributed by atoms with Crippen LogP contribution < -0.4 is 10.6 Å². The van der Waals surface area contributed by atoms with Gasteiger partial charge in [0.05, 0.1) is 5.92 Å². The summed E-state index contributed by atoms with van der Waals surface area (Å²) in [7, 11) is 0. The van der Waals surface area contributed by atoms with Gasteiger partial charge in [0, 0.05) is 23.2 Å². The molecule has 0 unspecified atom stereocenters. The van der Waals surface area contributed by atoms with Gasteiger partial charge in [-0.05, 0) is 53.3 Å². The standard InChI is InChI=1S/C28H26N2O5/c31-26(30-25-14-6-13-23(25)27(32)33)17-7-5-8-18(15-17)29-28(34)35-16-24-21-11-3-1-9-19(21)20-10-2-4-12-22(20)24/h1-5,7-12,15,23-25H,6,13-14,16H2,(H,29,34)(H,30,31)(H,32,33)/t23-,25+/m0/s1. The van der Waals surface area contributed by atoms with Crippen molar-refractivity contribution in [3.8, 4) is 11.1 Å². The molecule has 2 atom stereocenters. The highest BCUT2D eigenvalue weighted by atomic mass is 16.5. The SMILES string of the molecule is O=C(Nc1cccc(C(=O)N[C@@H]2CCC[C@@H]2C(=O)O)c1)OCC1c2ccccc2-c2ccccc21. The Balaban J connectivity index is 1.22. The molecular weight excluding hydrogens is 444 g/mol. The van der Waals surface area contributed by atoms with Crippen LogP contribution in [-0.4, -0.2) is 35.7 Å². The minimum absolute atomic E-state index is 0.0427. The van der Waals surface area contributed by atoms with Crippen molar-refractivity contribution < 1.29 is 24.2 Å². The lowest BCUT2D eigenvalue weighted by atomic mass is 9.98. The third-order valence-corrected chi connectivity index (χ3v) is 6.86. The number of carbonyl (C=O) groups excluding carboxylic acids is 2. The van der Waals surface area contributed by atoms with Gasteiger partial charge in [-0.15, -0.1) is 0 Å². The van der Waals surface area contributed by atoms with Crippen molar-refractivity contribution in [2.24, 2.45) is 5.92 Å². The van der Waals surface area contributed by atoms with Crippen LogP contribution in [0.1, 0.15) is 46.7 Å².